The van der Waals surface area contributed by atoms with Gasteiger partial charge in [0.15, 0.2) is 11.6 Å². The van der Waals surface area contributed by atoms with Crippen LogP contribution in [0.1, 0.15) is 38.2 Å². The van der Waals surface area contributed by atoms with Gasteiger partial charge in [0.25, 0.3) is 0 Å². The third-order valence-corrected chi connectivity index (χ3v) is 4.22. The number of hydrogen-bond donors (Lipinski definition) is 0. The van der Waals surface area contributed by atoms with E-state index in [1.165, 1.54) is 18.2 Å². The average Bonchev–Trinajstić information content (AvgIpc) is 2.65. The molecule has 0 aliphatic carbocycles. The highest BCUT2D eigenvalue weighted by Crippen LogP contribution is 2.24. The number of nitrogens with zero attached hydrogens (tertiary/aromatic N) is 1. The first-order valence-corrected chi connectivity index (χ1v) is 10.1. The predicted octanol–water partition coefficient (Wildman–Crippen LogP) is 5.21. The van der Waals surface area contributed by atoms with E-state index in [4.69, 9.17) is 14.0 Å². The topological polar surface area (TPSA) is 27.7 Å². The molecule has 0 N–H and O–H groups in total. The van der Waals surface area contributed by atoms with Crippen molar-refractivity contribution in [3.63, 3.8) is 0 Å². The molecule has 0 heterocycles. The van der Waals surface area contributed by atoms with Crippen LogP contribution in [-0.4, -0.2) is 39.6 Å². The zero-order valence-corrected chi connectivity index (χ0v) is 17.8. The maximum atomic E-state index is 14.9. The first-order valence-electron chi connectivity index (χ1n) is 10.1. The smallest absolute Gasteiger partial charge is 0.498 e. The Labute approximate surface area is 173 Å². The van der Waals surface area contributed by atoms with Crippen molar-refractivity contribution in [2.24, 2.45) is 0 Å². The van der Waals surface area contributed by atoms with Gasteiger partial charge in [-0.1, -0.05) is 50.5 Å². The van der Waals surface area contributed by atoms with E-state index in [0.717, 1.165) is 25.7 Å². The highest BCUT2D eigenvalue weighted by atomic mass is 19.1. The lowest BCUT2D eigenvalue weighted by molar-refractivity contribution is -0.884. The summed E-state index contributed by atoms with van der Waals surface area (Å²) in [6.07, 6.45) is 4.04. The molecule has 0 aromatic heterocycles. The summed E-state index contributed by atoms with van der Waals surface area (Å²) in [5, 5.41) is 0. The highest BCUT2D eigenvalue weighted by molar-refractivity contribution is 6.38. The van der Waals surface area contributed by atoms with Crippen molar-refractivity contribution < 1.29 is 27.2 Å². The summed E-state index contributed by atoms with van der Waals surface area (Å²) in [4.78, 5) is 0. The fraction of sp³-hybridized carbons (Fsp3) is 0.455. The van der Waals surface area contributed by atoms with Crippen molar-refractivity contribution in [1.82, 2.24) is 0 Å². The molecule has 0 fully saturated rings. The van der Waals surface area contributed by atoms with Crippen LogP contribution in [0.4, 0.5) is 8.78 Å². The number of unbranched alkanes of at least 4 members (excludes halogenated alkanes) is 3. The van der Waals surface area contributed by atoms with Crippen LogP contribution in [0.5, 0.6) is 11.5 Å². The summed E-state index contributed by atoms with van der Waals surface area (Å²) in [6.45, 7) is 3.00. The van der Waals surface area contributed by atoms with Gasteiger partial charge in [0, 0.05) is 12.2 Å². The minimum atomic E-state index is -1.25. The van der Waals surface area contributed by atoms with Crippen LogP contribution in [0, 0.1) is 11.6 Å². The molecule has 0 saturated carbocycles. The molecule has 0 unspecified atom stereocenters. The second-order valence-corrected chi connectivity index (χ2v) is 8.06. The van der Waals surface area contributed by atoms with Crippen LogP contribution >= 0.6 is 0 Å². The van der Waals surface area contributed by atoms with Crippen LogP contribution in [-0.2, 0) is 11.2 Å². The Hall–Kier alpha value is -2.12. The third kappa shape index (κ3) is 8.03. The molecule has 0 radical (unpaired) electrons. The van der Waals surface area contributed by atoms with E-state index >= 15 is 0 Å². The van der Waals surface area contributed by atoms with Crippen LogP contribution < -0.4 is 9.31 Å². The summed E-state index contributed by atoms with van der Waals surface area (Å²) in [5.74, 6) is -0.980. The Bertz CT molecular complexity index is 768. The second kappa shape index (κ2) is 11.2. The summed E-state index contributed by atoms with van der Waals surface area (Å²) < 4.78 is 46.4. The predicted molar refractivity (Wildman–Crippen MR) is 112 cm³/mol. The monoisotopic (exact) mass is 406 g/mol. The normalized spacial score (nSPS) is 11.4. The standard InChI is InChI=1S/C22H31BF2NO3/c1-5-6-7-10-16-27-23(28-20-14-9-8-13-19(20)24)29-21-15-11-12-18(22(21)25)17-26(2,3)4/h8-9,11-15H,5-7,10,16-17H2,1-4H3/q+1. The quantitative estimate of drug-likeness (QED) is 0.275. The minimum absolute atomic E-state index is 0.00557. The third-order valence-electron chi connectivity index (χ3n) is 4.22. The molecular formula is C22H31BF2NO3+. The molecule has 2 aromatic carbocycles. The second-order valence-electron chi connectivity index (χ2n) is 8.06. The van der Waals surface area contributed by atoms with Gasteiger partial charge in [-0.3, -0.25) is 0 Å². The number of quaternary nitrogens is 1. The van der Waals surface area contributed by atoms with Crippen molar-refractivity contribution in [1.29, 1.82) is 0 Å². The molecule has 0 spiro atoms. The molecule has 0 aliphatic heterocycles. The first-order chi connectivity index (χ1) is 13.8. The molecular weight excluding hydrogens is 375 g/mol. The van der Waals surface area contributed by atoms with Crippen molar-refractivity contribution >= 4 is 7.32 Å². The molecule has 29 heavy (non-hydrogen) atoms. The lowest BCUT2D eigenvalue weighted by Gasteiger charge is -2.24. The van der Waals surface area contributed by atoms with E-state index in [2.05, 4.69) is 6.92 Å². The SMILES string of the molecule is CCCCCCOB(Oc1ccccc1F)Oc1cccc(C[N+](C)(C)C)c1F. The van der Waals surface area contributed by atoms with E-state index in [0.29, 0.717) is 23.2 Å². The van der Waals surface area contributed by atoms with Crippen molar-refractivity contribution in [2.45, 2.75) is 39.2 Å². The van der Waals surface area contributed by atoms with Crippen molar-refractivity contribution in [2.75, 3.05) is 27.7 Å². The molecule has 2 rings (SSSR count). The number of hydrogen-bond acceptors (Lipinski definition) is 3. The van der Waals surface area contributed by atoms with E-state index in [-0.39, 0.29) is 11.5 Å². The van der Waals surface area contributed by atoms with Crippen LogP contribution in [0.15, 0.2) is 42.5 Å². The van der Waals surface area contributed by atoms with Gasteiger partial charge in [-0.2, -0.15) is 0 Å². The van der Waals surface area contributed by atoms with Gasteiger partial charge in [-0.25, -0.2) is 8.78 Å². The molecule has 7 heteroatoms. The van der Waals surface area contributed by atoms with Gasteiger partial charge in [-0.15, -0.1) is 0 Å². The van der Waals surface area contributed by atoms with Crippen LogP contribution in [0.2, 0.25) is 0 Å². The molecule has 4 nitrogen and oxygen atoms in total. The molecule has 0 aliphatic rings. The molecule has 0 saturated heterocycles. The van der Waals surface area contributed by atoms with E-state index in [9.17, 15) is 8.78 Å². The molecule has 2 aromatic rings. The number of para-hydroxylation sites is 1. The number of rotatable bonds is 12. The summed E-state index contributed by atoms with van der Waals surface area (Å²) in [7, 11) is 4.70. The Kier molecular flexibility index (Phi) is 8.92. The lowest BCUT2D eigenvalue weighted by Crippen LogP contribution is -2.35. The fourth-order valence-electron chi connectivity index (χ4n) is 2.83. The number of benzene rings is 2. The van der Waals surface area contributed by atoms with E-state index in [1.807, 2.05) is 21.1 Å². The maximum absolute atomic E-state index is 14.9. The molecule has 0 amide bonds. The Balaban J connectivity index is 2.13. The highest BCUT2D eigenvalue weighted by Gasteiger charge is 2.30. The van der Waals surface area contributed by atoms with Gasteiger partial charge < -0.3 is 18.4 Å². The first kappa shape index (κ1) is 23.2. The average molecular weight is 406 g/mol. The van der Waals surface area contributed by atoms with Gasteiger partial charge >= 0.3 is 7.32 Å². The van der Waals surface area contributed by atoms with Crippen molar-refractivity contribution in [3.8, 4) is 11.5 Å². The van der Waals surface area contributed by atoms with Crippen LogP contribution in [0.3, 0.4) is 0 Å². The minimum Gasteiger partial charge on any atom is -0.498 e. The zero-order chi connectivity index (χ0) is 21.3. The lowest BCUT2D eigenvalue weighted by atomic mass is 10.1. The van der Waals surface area contributed by atoms with Crippen molar-refractivity contribution in [3.05, 3.63) is 59.7 Å². The number of halogens is 2. The molecule has 0 atom stereocenters. The fourth-order valence-corrected chi connectivity index (χ4v) is 2.83. The zero-order valence-electron chi connectivity index (χ0n) is 17.8. The summed E-state index contributed by atoms with van der Waals surface area (Å²) in [5.41, 5.74) is 0.530. The van der Waals surface area contributed by atoms with Gasteiger partial charge in [-0.05, 0) is 24.6 Å². The molecule has 0 bridgehead atoms. The van der Waals surface area contributed by atoms with Gasteiger partial charge in [0.05, 0.1) is 21.1 Å². The summed E-state index contributed by atoms with van der Waals surface area (Å²) >= 11 is 0. The molecule has 158 valence electrons. The van der Waals surface area contributed by atoms with E-state index in [1.54, 1.807) is 24.3 Å². The van der Waals surface area contributed by atoms with Gasteiger partial charge in [0.2, 0.25) is 0 Å². The summed E-state index contributed by atoms with van der Waals surface area (Å²) in [6, 6.07) is 11.0. The Morgan fingerprint density at radius 1 is 0.862 bits per heavy atom. The Morgan fingerprint density at radius 3 is 2.24 bits per heavy atom. The maximum Gasteiger partial charge on any atom is 0.788 e. The largest absolute Gasteiger partial charge is 0.788 e. The Morgan fingerprint density at radius 2 is 1.55 bits per heavy atom. The van der Waals surface area contributed by atoms with Crippen LogP contribution in [0.25, 0.3) is 0 Å². The van der Waals surface area contributed by atoms with E-state index < -0.39 is 19.0 Å². The van der Waals surface area contributed by atoms with Gasteiger partial charge in [0.1, 0.15) is 18.0 Å².